The van der Waals surface area contributed by atoms with Crippen LogP contribution in [0.5, 0.6) is 0 Å². The lowest BCUT2D eigenvalue weighted by Crippen LogP contribution is -2.55. The second kappa shape index (κ2) is 6.94. The van der Waals surface area contributed by atoms with Crippen LogP contribution in [0.2, 0.25) is 0 Å². The SMILES string of the molecule is CCCCNC(=O)N1c2ccccc2CN1NC(=O)OC. The highest BCUT2D eigenvalue weighted by molar-refractivity contribution is 5.93. The maximum atomic E-state index is 12.3. The van der Waals surface area contributed by atoms with E-state index in [4.69, 9.17) is 0 Å². The van der Waals surface area contributed by atoms with Crippen LogP contribution in [0.1, 0.15) is 25.3 Å². The predicted octanol–water partition coefficient (Wildman–Crippen LogP) is 2.00. The van der Waals surface area contributed by atoms with Crippen LogP contribution in [0, 0.1) is 0 Å². The first kappa shape index (κ1) is 15.1. The first-order valence-electron chi connectivity index (χ1n) is 6.95. The number of nitrogens with one attached hydrogen (secondary N) is 2. The molecule has 1 heterocycles. The summed E-state index contributed by atoms with van der Waals surface area (Å²) in [6.07, 6.45) is 1.29. The van der Waals surface area contributed by atoms with E-state index in [0.29, 0.717) is 13.1 Å². The fraction of sp³-hybridized carbons (Fsp3) is 0.429. The summed E-state index contributed by atoms with van der Waals surface area (Å²) in [6, 6.07) is 7.24. The van der Waals surface area contributed by atoms with Gasteiger partial charge >= 0.3 is 12.1 Å². The van der Waals surface area contributed by atoms with Crippen molar-refractivity contribution >= 4 is 17.8 Å². The number of amides is 3. The van der Waals surface area contributed by atoms with Gasteiger partial charge in [-0.15, -0.1) is 5.12 Å². The molecule has 0 spiro atoms. The predicted molar refractivity (Wildman–Crippen MR) is 78.3 cm³/mol. The van der Waals surface area contributed by atoms with E-state index in [9.17, 15) is 9.59 Å². The standard InChI is InChI=1S/C14H20N4O3/c1-3-4-9-15-13(19)18-12-8-6-5-7-11(12)10-17(18)16-14(20)21-2/h5-8H,3-4,9-10H2,1-2H3,(H,15,19)(H,16,20). The van der Waals surface area contributed by atoms with Gasteiger partial charge in [0, 0.05) is 6.54 Å². The minimum absolute atomic E-state index is 0.273. The molecule has 1 aliphatic heterocycles. The number of nitrogens with zero attached hydrogens (tertiary/aromatic N) is 2. The number of unbranched alkanes of at least 4 members (excludes halogenated alkanes) is 1. The van der Waals surface area contributed by atoms with Crippen molar-refractivity contribution in [1.29, 1.82) is 0 Å². The van der Waals surface area contributed by atoms with Crippen molar-refractivity contribution in [2.45, 2.75) is 26.3 Å². The third-order valence-corrected chi connectivity index (χ3v) is 3.19. The molecule has 0 saturated carbocycles. The van der Waals surface area contributed by atoms with Crippen LogP contribution < -0.4 is 15.8 Å². The maximum absolute atomic E-state index is 12.3. The van der Waals surface area contributed by atoms with Gasteiger partial charge in [-0.2, -0.15) is 0 Å². The Bertz CT molecular complexity index is 521. The summed E-state index contributed by atoms with van der Waals surface area (Å²) < 4.78 is 4.59. The zero-order chi connectivity index (χ0) is 15.2. The summed E-state index contributed by atoms with van der Waals surface area (Å²) in [4.78, 5) is 23.8. The Balaban J connectivity index is 2.14. The van der Waals surface area contributed by atoms with Crippen molar-refractivity contribution < 1.29 is 14.3 Å². The second-order valence-corrected chi connectivity index (χ2v) is 4.69. The van der Waals surface area contributed by atoms with Gasteiger partial charge in [0.15, 0.2) is 0 Å². The first-order valence-corrected chi connectivity index (χ1v) is 6.95. The number of urea groups is 1. The maximum Gasteiger partial charge on any atom is 0.422 e. The second-order valence-electron chi connectivity index (χ2n) is 4.69. The van der Waals surface area contributed by atoms with Gasteiger partial charge in [-0.05, 0) is 18.1 Å². The molecule has 7 heteroatoms. The van der Waals surface area contributed by atoms with Crippen LogP contribution in [-0.2, 0) is 11.3 Å². The van der Waals surface area contributed by atoms with Gasteiger partial charge in [-0.25, -0.2) is 20.0 Å². The Hall–Kier alpha value is -2.28. The molecule has 2 rings (SSSR count). The Morgan fingerprint density at radius 2 is 2.10 bits per heavy atom. The van der Waals surface area contributed by atoms with Gasteiger partial charge in [-0.1, -0.05) is 31.5 Å². The highest BCUT2D eigenvalue weighted by Crippen LogP contribution is 2.29. The fourth-order valence-corrected chi connectivity index (χ4v) is 2.12. The van der Waals surface area contributed by atoms with Crippen molar-refractivity contribution in [2.24, 2.45) is 0 Å². The third-order valence-electron chi connectivity index (χ3n) is 3.19. The third kappa shape index (κ3) is 3.43. The van der Waals surface area contributed by atoms with Crippen molar-refractivity contribution in [3.8, 4) is 0 Å². The normalized spacial score (nSPS) is 13.7. The van der Waals surface area contributed by atoms with Crippen LogP contribution in [0.4, 0.5) is 15.3 Å². The average Bonchev–Trinajstić information content (AvgIpc) is 2.85. The van der Waals surface area contributed by atoms with Gasteiger partial charge in [0.2, 0.25) is 0 Å². The molecule has 2 N–H and O–H groups in total. The van der Waals surface area contributed by atoms with Crippen LogP contribution in [0.3, 0.4) is 0 Å². The molecule has 0 saturated heterocycles. The largest absolute Gasteiger partial charge is 0.452 e. The number of fused-ring (bicyclic) bond motifs is 1. The highest BCUT2D eigenvalue weighted by Gasteiger charge is 2.33. The number of methoxy groups -OCH3 is 1. The van der Waals surface area contributed by atoms with Crippen LogP contribution in [0.25, 0.3) is 0 Å². The van der Waals surface area contributed by atoms with E-state index in [1.165, 1.54) is 17.2 Å². The lowest BCUT2D eigenvalue weighted by molar-refractivity contribution is 0.120. The number of carbonyl (C=O) groups excluding carboxylic acids is 2. The number of hydrogen-bond acceptors (Lipinski definition) is 4. The van der Waals surface area contributed by atoms with E-state index in [1.54, 1.807) is 0 Å². The summed E-state index contributed by atoms with van der Waals surface area (Å²) in [5.41, 5.74) is 4.24. The molecule has 0 atom stereocenters. The van der Waals surface area contributed by atoms with E-state index in [-0.39, 0.29) is 6.03 Å². The van der Waals surface area contributed by atoms with Crippen molar-refractivity contribution in [3.05, 3.63) is 29.8 Å². The molecule has 0 bridgehead atoms. The molecule has 0 unspecified atom stereocenters. The fourth-order valence-electron chi connectivity index (χ4n) is 2.12. The molecule has 1 aromatic carbocycles. The molecule has 0 radical (unpaired) electrons. The molecule has 0 aliphatic carbocycles. The zero-order valence-corrected chi connectivity index (χ0v) is 12.3. The monoisotopic (exact) mass is 292 g/mol. The Morgan fingerprint density at radius 1 is 1.33 bits per heavy atom. The molecule has 21 heavy (non-hydrogen) atoms. The van der Waals surface area contributed by atoms with Crippen molar-refractivity contribution in [2.75, 3.05) is 18.7 Å². The molecule has 3 amide bonds. The number of anilines is 1. The lowest BCUT2D eigenvalue weighted by Gasteiger charge is -2.27. The molecule has 0 fully saturated rings. The lowest BCUT2D eigenvalue weighted by atomic mass is 10.2. The van der Waals surface area contributed by atoms with Gasteiger partial charge < -0.3 is 10.1 Å². The van der Waals surface area contributed by atoms with E-state index < -0.39 is 6.09 Å². The van der Waals surface area contributed by atoms with Crippen LogP contribution in [0.15, 0.2) is 24.3 Å². The van der Waals surface area contributed by atoms with E-state index >= 15 is 0 Å². The highest BCUT2D eigenvalue weighted by atomic mass is 16.5. The Kier molecular flexibility index (Phi) is 4.99. The van der Waals surface area contributed by atoms with Crippen molar-refractivity contribution in [1.82, 2.24) is 15.9 Å². The topological polar surface area (TPSA) is 73.9 Å². The molecular weight excluding hydrogens is 272 g/mol. The first-order chi connectivity index (χ1) is 10.2. The summed E-state index contributed by atoms with van der Waals surface area (Å²) in [6.45, 7) is 3.06. The number of hydrazine groups is 2. The molecule has 1 aromatic rings. The number of benzene rings is 1. The van der Waals surface area contributed by atoms with E-state index in [1.807, 2.05) is 24.3 Å². The molecule has 7 nitrogen and oxygen atoms in total. The molecular formula is C14H20N4O3. The van der Waals surface area contributed by atoms with Gasteiger partial charge in [-0.3, -0.25) is 0 Å². The van der Waals surface area contributed by atoms with E-state index in [0.717, 1.165) is 24.1 Å². The summed E-state index contributed by atoms with van der Waals surface area (Å²) in [5.74, 6) is 0. The smallest absolute Gasteiger partial charge is 0.422 e. The number of hydrogen-bond donors (Lipinski definition) is 2. The van der Waals surface area contributed by atoms with Gasteiger partial charge in [0.25, 0.3) is 0 Å². The van der Waals surface area contributed by atoms with Gasteiger partial charge in [0.1, 0.15) is 0 Å². The minimum Gasteiger partial charge on any atom is -0.452 e. The number of para-hydroxylation sites is 1. The van der Waals surface area contributed by atoms with E-state index in [2.05, 4.69) is 22.4 Å². The number of rotatable bonds is 4. The Labute approximate surface area is 123 Å². The zero-order valence-electron chi connectivity index (χ0n) is 12.3. The van der Waals surface area contributed by atoms with Crippen LogP contribution in [-0.4, -0.2) is 30.9 Å². The summed E-state index contributed by atoms with van der Waals surface area (Å²) in [7, 11) is 1.28. The number of ether oxygens (including phenoxy) is 1. The molecule has 0 aromatic heterocycles. The Morgan fingerprint density at radius 3 is 2.81 bits per heavy atom. The summed E-state index contributed by atoms with van der Waals surface area (Å²) >= 11 is 0. The van der Waals surface area contributed by atoms with Crippen LogP contribution >= 0.6 is 0 Å². The van der Waals surface area contributed by atoms with Crippen molar-refractivity contribution in [3.63, 3.8) is 0 Å². The number of carbonyl (C=O) groups is 2. The molecule has 1 aliphatic rings. The molecule has 114 valence electrons. The minimum atomic E-state index is -0.617. The average molecular weight is 292 g/mol. The van der Waals surface area contributed by atoms with Gasteiger partial charge in [0.05, 0.1) is 19.3 Å². The quantitative estimate of drug-likeness (QED) is 0.832. The summed E-state index contributed by atoms with van der Waals surface area (Å²) in [5, 5.41) is 5.70.